The van der Waals surface area contributed by atoms with Crippen molar-refractivity contribution < 1.29 is 13.5 Å². The highest BCUT2D eigenvalue weighted by Crippen LogP contribution is 2.18. The van der Waals surface area contributed by atoms with E-state index in [4.69, 9.17) is 11.7 Å². The van der Waals surface area contributed by atoms with Crippen LogP contribution in [-0.4, -0.2) is 13.2 Å². The minimum atomic E-state index is -2.85. The fraction of sp³-hybridized carbons (Fsp3) is 0.250. The Hall–Kier alpha value is -2.11. The van der Waals surface area contributed by atoms with Crippen molar-refractivity contribution in [3.63, 3.8) is 0 Å². The molecular weight excluding hydrogens is 226 g/mol. The van der Waals surface area contributed by atoms with Crippen molar-refractivity contribution in [3.05, 3.63) is 29.8 Å². The molecule has 0 amide bonds. The summed E-state index contributed by atoms with van der Waals surface area (Å²) in [6, 6.07) is 7.28. The van der Waals surface area contributed by atoms with E-state index in [1.165, 1.54) is 24.3 Å². The van der Waals surface area contributed by atoms with E-state index in [-0.39, 0.29) is 12.3 Å². The molecule has 17 heavy (non-hydrogen) atoms. The largest absolute Gasteiger partial charge is 0.435 e. The van der Waals surface area contributed by atoms with E-state index >= 15 is 0 Å². The number of ether oxygens (including phenoxy) is 1. The number of alkyl halides is 2. The van der Waals surface area contributed by atoms with Gasteiger partial charge in [-0.2, -0.15) is 14.0 Å². The lowest BCUT2D eigenvalue weighted by atomic mass is 10.1. The number of benzene rings is 1. The van der Waals surface area contributed by atoms with Crippen LogP contribution in [-0.2, 0) is 0 Å². The Morgan fingerprint density at radius 1 is 1.35 bits per heavy atom. The number of hydrogen-bond donors (Lipinski definition) is 1. The molecule has 0 saturated heterocycles. The Balaban J connectivity index is 2.72. The average molecular weight is 236 g/mol. The van der Waals surface area contributed by atoms with E-state index in [2.05, 4.69) is 16.0 Å². The van der Waals surface area contributed by atoms with Crippen LogP contribution in [0.15, 0.2) is 24.3 Å². The first-order chi connectivity index (χ1) is 8.17. The smallest absolute Gasteiger partial charge is 0.387 e. The van der Waals surface area contributed by atoms with E-state index in [0.29, 0.717) is 5.56 Å². The van der Waals surface area contributed by atoms with Gasteiger partial charge in [0.25, 0.3) is 0 Å². The fourth-order valence-electron chi connectivity index (χ4n) is 1.24. The molecule has 0 fully saturated rings. The molecule has 0 aromatic heterocycles. The highest BCUT2D eigenvalue weighted by atomic mass is 19.3. The van der Waals surface area contributed by atoms with Gasteiger partial charge in [0.05, 0.1) is 12.6 Å². The molecule has 1 aromatic rings. The van der Waals surface area contributed by atoms with E-state index in [0.717, 1.165) is 0 Å². The topological polar surface area (TPSA) is 45.0 Å². The van der Waals surface area contributed by atoms with Crippen LogP contribution >= 0.6 is 0 Å². The van der Waals surface area contributed by atoms with Gasteiger partial charge in [0.2, 0.25) is 0 Å². The highest BCUT2D eigenvalue weighted by Gasteiger charge is 2.10. The molecule has 3 nitrogen and oxygen atoms in total. The van der Waals surface area contributed by atoms with Gasteiger partial charge in [-0.25, -0.2) is 0 Å². The maximum absolute atomic E-state index is 11.9. The zero-order chi connectivity index (χ0) is 12.7. The summed E-state index contributed by atoms with van der Waals surface area (Å²) in [5, 5.41) is 11.7. The average Bonchev–Trinajstić information content (AvgIpc) is 2.31. The molecule has 1 atom stereocenters. The molecule has 0 saturated carbocycles. The van der Waals surface area contributed by atoms with Gasteiger partial charge in [0.1, 0.15) is 11.8 Å². The molecule has 0 bridgehead atoms. The van der Waals surface area contributed by atoms with E-state index in [1.54, 1.807) is 0 Å². The number of nitrogens with zero attached hydrogens (tertiary/aromatic N) is 1. The third kappa shape index (κ3) is 4.10. The Labute approximate surface area is 98.0 Å². The Kier molecular flexibility index (Phi) is 4.93. The predicted octanol–water partition coefficient (Wildman–Crippen LogP) is 2.08. The van der Waals surface area contributed by atoms with Crippen molar-refractivity contribution >= 4 is 0 Å². The summed E-state index contributed by atoms with van der Waals surface area (Å²) in [6.07, 6.45) is 5.06. The van der Waals surface area contributed by atoms with Crippen LogP contribution in [0.1, 0.15) is 11.6 Å². The summed E-state index contributed by atoms with van der Waals surface area (Å²) < 4.78 is 28.0. The summed E-state index contributed by atoms with van der Waals surface area (Å²) in [5.41, 5.74) is 0.643. The molecule has 0 aliphatic heterocycles. The maximum Gasteiger partial charge on any atom is 0.387 e. The number of nitriles is 1. The zero-order valence-electron chi connectivity index (χ0n) is 8.86. The first-order valence-corrected chi connectivity index (χ1v) is 4.78. The van der Waals surface area contributed by atoms with Gasteiger partial charge in [0, 0.05) is 0 Å². The van der Waals surface area contributed by atoms with Gasteiger partial charge < -0.3 is 4.74 Å². The fourth-order valence-corrected chi connectivity index (χ4v) is 1.24. The molecule has 5 heteroatoms. The number of nitrogens with one attached hydrogen (secondary N) is 1. The Morgan fingerprint density at radius 3 is 2.47 bits per heavy atom. The number of rotatable bonds is 5. The summed E-state index contributed by atoms with van der Waals surface area (Å²) in [4.78, 5) is 0. The van der Waals surface area contributed by atoms with Crippen LogP contribution in [0.3, 0.4) is 0 Å². The van der Waals surface area contributed by atoms with Crippen LogP contribution in [0.25, 0.3) is 0 Å². The van der Waals surface area contributed by atoms with Crippen LogP contribution < -0.4 is 10.1 Å². The van der Waals surface area contributed by atoms with Crippen molar-refractivity contribution in [2.75, 3.05) is 6.54 Å². The third-order valence-corrected chi connectivity index (χ3v) is 1.98. The maximum atomic E-state index is 11.9. The van der Waals surface area contributed by atoms with E-state index < -0.39 is 12.7 Å². The number of halogens is 2. The second-order valence-corrected chi connectivity index (χ2v) is 3.09. The molecule has 88 valence electrons. The summed E-state index contributed by atoms with van der Waals surface area (Å²) in [6.45, 7) is -2.60. The second kappa shape index (κ2) is 6.47. The summed E-state index contributed by atoms with van der Waals surface area (Å²) in [7, 11) is 0. The second-order valence-electron chi connectivity index (χ2n) is 3.09. The lowest BCUT2D eigenvalue weighted by Gasteiger charge is -2.10. The summed E-state index contributed by atoms with van der Waals surface area (Å²) >= 11 is 0. The SMILES string of the molecule is C#CCNC(C#N)c1ccc(OC(F)F)cc1. The third-order valence-electron chi connectivity index (χ3n) is 1.98. The monoisotopic (exact) mass is 236 g/mol. The quantitative estimate of drug-likeness (QED) is 0.796. The Bertz CT molecular complexity index is 431. The Morgan fingerprint density at radius 2 is 2.00 bits per heavy atom. The van der Waals surface area contributed by atoms with Gasteiger partial charge >= 0.3 is 6.61 Å². The number of hydrogen-bond acceptors (Lipinski definition) is 3. The van der Waals surface area contributed by atoms with Crippen molar-refractivity contribution in [2.45, 2.75) is 12.7 Å². The molecule has 1 unspecified atom stereocenters. The molecule has 1 aromatic carbocycles. The highest BCUT2D eigenvalue weighted by molar-refractivity contribution is 5.31. The molecular formula is C12H10F2N2O. The van der Waals surface area contributed by atoms with Crippen molar-refractivity contribution in [3.8, 4) is 24.2 Å². The predicted molar refractivity (Wildman–Crippen MR) is 58.3 cm³/mol. The summed E-state index contributed by atoms with van der Waals surface area (Å²) in [5.74, 6) is 2.41. The first kappa shape index (κ1) is 13.0. The molecule has 0 heterocycles. The normalized spacial score (nSPS) is 11.6. The zero-order valence-corrected chi connectivity index (χ0v) is 8.86. The van der Waals surface area contributed by atoms with Crippen molar-refractivity contribution in [1.29, 1.82) is 5.26 Å². The molecule has 0 aliphatic rings. The molecule has 0 aliphatic carbocycles. The van der Waals surface area contributed by atoms with Crippen molar-refractivity contribution in [1.82, 2.24) is 5.32 Å². The van der Waals surface area contributed by atoms with Gasteiger partial charge in [-0.05, 0) is 17.7 Å². The lowest BCUT2D eigenvalue weighted by molar-refractivity contribution is -0.0498. The van der Waals surface area contributed by atoms with E-state index in [9.17, 15) is 8.78 Å². The lowest BCUT2D eigenvalue weighted by Crippen LogP contribution is -2.19. The molecule has 1 rings (SSSR count). The van der Waals surface area contributed by atoms with Crippen LogP contribution in [0.4, 0.5) is 8.78 Å². The molecule has 0 spiro atoms. The van der Waals surface area contributed by atoms with Crippen LogP contribution in [0.5, 0.6) is 5.75 Å². The van der Waals surface area contributed by atoms with Gasteiger partial charge in [-0.3, -0.25) is 5.32 Å². The van der Waals surface area contributed by atoms with Gasteiger partial charge in [-0.15, -0.1) is 6.42 Å². The minimum Gasteiger partial charge on any atom is -0.435 e. The number of terminal acetylenes is 1. The molecule has 1 N–H and O–H groups in total. The van der Waals surface area contributed by atoms with E-state index in [1.807, 2.05) is 6.07 Å². The van der Waals surface area contributed by atoms with Crippen molar-refractivity contribution in [2.24, 2.45) is 0 Å². The van der Waals surface area contributed by atoms with Crippen LogP contribution in [0.2, 0.25) is 0 Å². The standard InChI is InChI=1S/C12H10F2N2O/c1-2-7-16-11(8-15)9-3-5-10(6-4-9)17-12(13)14/h1,3-6,11-12,16H,7H2. The van der Waals surface area contributed by atoms with Crippen LogP contribution in [0, 0.1) is 23.7 Å². The van der Waals surface area contributed by atoms with Gasteiger partial charge in [-0.1, -0.05) is 18.1 Å². The van der Waals surface area contributed by atoms with Gasteiger partial charge in [0.15, 0.2) is 0 Å². The molecule has 0 radical (unpaired) electrons. The minimum absolute atomic E-state index is 0.0531. The first-order valence-electron chi connectivity index (χ1n) is 4.78.